The number of rotatable bonds is 7. The predicted molar refractivity (Wildman–Crippen MR) is 116 cm³/mol. The van der Waals surface area contributed by atoms with Gasteiger partial charge in [0.2, 0.25) is 11.6 Å². The van der Waals surface area contributed by atoms with Crippen molar-refractivity contribution >= 4 is 17.4 Å². The number of benzene rings is 2. The zero-order valence-electron chi connectivity index (χ0n) is 17.7. The van der Waals surface area contributed by atoms with E-state index in [1.807, 2.05) is 6.92 Å². The average molecular weight is 450 g/mol. The van der Waals surface area contributed by atoms with E-state index >= 15 is 0 Å². The third-order valence-corrected chi connectivity index (χ3v) is 4.61. The van der Waals surface area contributed by atoms with E-state index in [-0.39, 0.29) is 23.1 Å². The van der Waals surface area contributed by atoms with E-state index in [0.717, 1.165) is 0 Å². The summed E-state index contributed by atoms with van der Waals surface area (Å²) in [6.07, 6.45) is 0. The standard InChI is InChI=1S/C21H19FN8O3/c1-3-32-16-10-6-14(7-11-16)18-17(25-29-30(18)20-19(23)27-33-28-20)21(31)26-24-12(2)13-4-8-15(22)9-5-13/h4-11H,3H2,1-2H3,(H2,23,27)(H,26,31). The van der Waals surface area contributed by atoms with Crippen molar-refractivity contribution in [2.75, 3.05) is 12.3 Å². The monoisotopic (exact) mass is 450 g/mol. The molecule has 3 N–H and O–H groups in total. The first-order valence-electron chi connectivity index (χ1n) is 9.85. The second kappa shape index (κ2) is 9.26. The predicted octanol–water partition coefficient (Wildman–Crippen LogP) is 2.59. The molecule has 2 heterocycles. The average Bonchev–Trinajstić information content (AvgIpc) is 3.44. The van der Waals surface area contributed by atoms with Crippen LogP contribution in [0.25, 0.3) is 17.1 Å². The molecule has 0 spiro atoms. The number of nitrogen functional groups attached to an aromatic ring is 1. The van der Waals surface area contributed by atoms with Gasteiger partial charge in [0.15, 0.2) is 5.69 Å². The molecular formula is C21H19FN8O3. The first-order valence-corrected chi connectivity index (χ1v) is 9.85. The highest BCUT2D eigenvalue weighted by Gasteiger charge is 2.25. The highest BCUT2D eigenvalue weighted by molar-refractivity contribution is 6.02. The molecule has 0 saturated carbocycles. The van der Waals surface area contributed by atoms with Gasteiger partial charge in [-0.25, -0.2) is 14.4 Å². The number of carbonyl (C=O) groups is 1. The minimum absolute atomic E-state index is 0.0239. The van der Waals surface area contributed by atoms with E-state index in [9.17, 15) is 9.18 Å². The van der Waals surface area contributed by atoms with Gasteiger partial charge in [0, 0.05) is 5.56 Å². The Hall–Kier alpha value is -4.61. The minimum atomic E-state index is -0.623. The van der Waals surface area contributed by atoms with Crippen molar-refractivity contribution in [3.8, 4) is 22.8 Å². The van der Waals surface area contributed by atoms with Crippen molar-refractivity contribution in [1.82, 2.24) is 30.7 Å². The molecule has 0 saturated heterocycles. The molecule has 0 fully saturated rings. The number of aromatic nitrogens is 5. The van der Waals surface area contributed by atoms with Crippen molar-refractivity contribution in [2.24, 2.45) is 5.10 Å². The minimum Gasteiger partial charge on any atom is -0.494 e. The quantitative estimate of drug-likeness (QED) is 0.323. The molecular weight excluding hydrogens is 431 g/mol. The Labute approximate surface area is 187 Å². The van der Waals surface area contributed by atoms with Gasteiger partial charge in [0.05, 0.1) is 12.3 Å². The topological polar surface area (TPSA) is 146 Å². The largest absolute Gasteiger partial charge is 0.494 e. The number of nitrogens with zero attached hydrogens (tertiary/aromatic N) is 6. The van der Waals surface area contributed by atoms with Crippen LogP contribution in [0.4, 0.5) is 10.2 Å². The molecule has 0 radical (unpaired) electrons. The number of nitrogens with two attached hydrogens (primary N) is 1. The van der Waals surface area contributed by atoms with E-state index in [1.165, 1.54) is 16.8 Å². The molecule has 0 aliphatic carbocycles. The molecule has 168 valence electrons. The molecule has 12 heteroatoms. The number of nitrogens with one attached hydrogen (secondary N) is 1. The Morgan fingerprint density at radius 1 is 1.18 bits per heavy atom. The molecule has 4 rings (SSSR count). The van der Waals surface area contributed by atoms with Crippen LogP contribution in [0.15, 0.2) is 58.3 Å². The highest BCUT2D eigenvalue weighted by Crippen LogP contribution is 2.28. The molecule has 11 nitrogen and oxygen atoms in total. The van der Waals surface area contributed by atoms with Crippen LogP contribution in [0, 0.1) is 5.82 Å². The Bertz CT molecular complexity index is 1300. The van der Waals surface area contributed by atoms with E-state index in [2.05, 4.69) is 35.8 Å². The van der Waals surface area contributed by atoms with Crippen LogP contribution in [0.2, 0.25) is 0 Å². The lowest BCUT2D eigenvalue weighted by Gasteiger charge is -2.08. The fraction of sp³-hybridized carbons (Fsp3) is 0.143. The molecule has 0 aliphatic rings. The second-order valence-corrected chi connectivity index (χ2v) is 6.77. The van der Waals surface area contributed by atoms with Crippen LogP contribution in [-0.2, 0) is 0 Å². The van der Waals surface area contributed by atoms with Gasteiger partial charge in [-0.15, -0.1) is 5.10 Å². The summed E-state index contributed by atoms with van der Waals surface area (Å²) in [7, 11) is 0. The number of halogens is 1. The highest BCUT2D eigenvalue weighted by atomic mass is 19.1. The summed E-state index contributed by atoms with van der Waals surface area (Å²) < 4.78 is 24.5. The molecule has 2 aromatic carbocycles. The fourth-order valence-electron chi connectivity index (χ4n) is 3.00. The summed E-state index contributed by atoms with van der Waals surface area (Å²) in [6, 6.07) is 12.7. The number of hydrogen-bond donors (Lipinski definition) is 2. The van der Waals surface area contributed by atoms with Crippen LogP contribution in [0.3, 0.4) is 0 Å². The molecule has 0 atom stereocenters. The van der Waals surface area contributed by atoms with Gasteiger partial charge in [0.1, 0.15) is 17.3 Å². The lowest BCUT2D eigenvalue weighted by atomic mass is 10.1. The molecule has 33 heavy (non-hydrogen) atoms. The number of hydrogen-bond acceptors (Lipinski definition) is 9. The zero-order valence-corrected chi connectivity index (χ0v) is 17.7. The molecule has 0 bridgehead atoms. The van der Waals surface area contributed by atoms with Gasteiger partial charge < -0.3 is 10.5 Å². The van der Waals surface area contributed by atoms with Gasteiger partial charge >= 0.3 is 0 Å². The van der Waals surface area contributed by atoms with Crippen LogP contribution in [0.1, 0.15) is 29.9 Å². The van der Waals surface area contributed by atoms with Crippen LogP contribution in [0.5, 0.6) is 5.75 Å². The third kappa shape index (κ3) is 4.54. The van der Waals surface area contributed by atoms with Crippen molar-refractivity contribution in [2.45, 2.75) is 13.8 Å². The zero-order chi connectivity index (χ0) is 23.4. The van der Waals surface area contributed by atoms with Crippen molar-refractivity contribution < 1.29 is 18.6 Å². The lowest BCUT2D eigenvalue weighted by molar-refractivity contribution is 0.0950. The third-order valence-electron chi connectivity index (χ3n) is 4.61. The first kappa shape index (κ1) is 21.6. The molecule has 4 aromatic rings. The van der Waals surface area contributed by atoms with Crippen molar-refractivity contribution in [3.05, 3.63) is 65.6 Å². The van der Waals surface area contributed by atoms with E-state index in [0.29, 0.717) is 34.9 Å². The van der Waals surface area contributed by atoms with Gasteiger partial charge in [-0.2, -0.15) is 9.78 Å². The summed E-state index contributed by atoms with van der Waals surface area (Å²) in [5.74, 6) is -0.274. The smallest absolute Gasteiger partial charge is 0.294 e. The van der Waals surface area contributed by atoms with Crippen LogP contribution >= 0.6 is 0 Å². The maximum atomic E-state index is 13.1. The maximum Gasteiger partial charge on any atom is 0.294 e. The Morgan fingerprint density at radius 3 is 2.55 bits per heavy atom. The second-order valence-electron chi connectivity index (χ2n) is 6.77. The molecule has 0 unspecified atom stereocenters. The maximum absolute atomic E-state index is 13.1. The Balaban J connectivity index is 1.69. The van der Waals surface area contributed by atoms with Crippen molar-refractivity contribution in [1.29, 1.82) is 0 Å². The van der Waals surface area contributed by atoms with Gasteiger partial charge in [0.25, 0.3) is 5.91 Å². The van der Waals surface area contributed by atoms with Crippen molar-refractivity contribution in [3.63, 3.8) is 0 Å². The summed E-state index contributed by atoms with van der Waals surface area (Å²) in [5, 5.41) is 19.4. The molecule has 2 aromatic heterocycles. The van der Waals surface area contributed by atoms with Gasteiger partial charge in [-0.05, 0) is 66.1 Å². The molecule has 1 amide bonds. The molecule has 0 aliphatic heterocycles. The summed E-state index contributed by atoms with van der Waals surface area (Å²) in [4.78, 5) is 13.0. The summed E-state index contributed by atoms with van der Waals surface area (Å²) in [6.45, 7) is 4.07. The number of anilines is 1. The van der Waals surface area contributed by atoms with Gasteiger partial charge in [-0.3, -0.25) is 4.79 Å². The number of ether oxygens (including phenoxy) is 1. The number of carbonyl (C=O) groups excluding carboxylic acids is 1. The van der Waals surface area contributed by atoms with E-state index in [4.69, 9.17) is 10.5 Å². The SMILES string of the molecule is CCOc1ccc(-c2c(C(=O)NN=C(C)c3ccc(F)cc3)nnn2-c2nonc2N)cc1. The van der Waals surface area contributed by atoms with E-state index < -0.39 is 5.91 Å². The summed E-state index contributed by atoms with van der Waals surface area (Å²) >= 11 is 0. The number of hydrazone groups is 1. The van der Waals surface area contributed by atoms with Gasteiger partial charge in [-0.1, -0.05) is 17.3 Å². The number of amides is 1. The van der Waals surface area contributed by atoms with Crippen LogP contribution in [-0.4, -0.2) is 43.5 Å². The lowest BCUT2D eigenvalue weighted by Crippen LogP contribution is -2.21. The van der Waals surface area contributed by atoms with E-state index in [1.54, 1.807) is 43.3 Å². The Morgan fingerprint density at radius 2 is 1.91 bits per heavy atom. The normalized spacial score (nSPS) is 11.4. The fourth-order valence-corrected chi connectivity index (χ4v) is 3.00. The Kier molecular flexibility index (Phi) is 6.06. The summed E-state index contributed by atoms with van der Waals surface area (Å²) in [5.41, 5.74) is 10.3. The van der Waals surface area contributed by atoms with Crippen LogP contribution < -0.4 is 15.9 Å². The first-order chi connectivity index (χ1) is 16.0.